The molecule has 0 unspecified atom stereocenters. The SMILES string of the molecule is Nc1c(C(=O)Nc2ccc(Cl)cn2)oc2ccc(N3CCCC3)nc12. The number of anilines is 3. The third-order valence-corrected chi connectivity index (χ3v) is 4.38. The van der Waals surface area contributed by atoms with Crippen LogP contribution in [0.1, 0.15) is 23.4 Å². The van der Waals surface area contributed by atoms with Gasteiger partial charge < -0.3 is 20.4 Å². The van der Waals surface area contributed by atoms with Gasteiger partial charge in [-0.05, 0) is 37.1 Å². The highest BCUT2D eigenvalue weighted by Gasteiger charge is 2.22. The Kier molecular flexibility index (Phi) is 3.93. The lowest BCUT2D eigenvalue weighted by atomic mass is 10.3. The van der Waals surface area contributed by atoms with Crippen molar-refractivity contribution < 1.29 is 9.21 Å². The number of furan rings is 1. The van der Waals surface area contributed by atoms with Crippen molar-refractivity contribution in [1.82, 2.24) is 9.97 Å². The van der Waals surface area contributed by atoms with E-state index in [0.29, 0.717) is 21.9 Å². The van der Waals surface area contributed by atoms with Crippen LogP contribution >= 0.6 is 11.6 Å². The standard InChI is InChI=1S/C17H16ClN5O2/c18-10-3-5-12(20-9-10)21-17(24)16-14(19)15-11(25-16)4-6-13(22-15)23-7-1-2-8-23/h3-6,9H,1-2,7-8,19H2,(H,20,21,24). The summed E-state index contributed by atoms with van der Waals surface area (Å²) >= 11 is 5.79. The van der Waals surface area contributed by atoms with E-state index in [-0.39, 0.29) is 11.4 Å². The Morgan fingerprint density at radius 2 is 2.04 bits per heavy atom. The topological polar surface area (TPSA) is 97.3 Å². The van der Waals surface area contributed by atoms with E-state index in [1.54, 1.807) is 18.2 Å². The fourth-order valence-corrected chi connectivity index (χ4v) is 3.01. The molecule has 3 aromatic rings. The largest absolute Gasteiger partial charge is 0.447 e. The molecule has 1 fully saturated rings. The summed E-state index contributed by atoms with van der Waals surface area (Å²) in [5.41, 5.74) is 7.31. The van der Waals surface area contributed by atoms with Crippen LogP contribution in [0.5, 0.6) is 0 Å². The van der Waals surface area contributed by atoms with Crippen LogP contribution in [0.25, 0.3) is 11.1 Å². The lowest BCUT2D eigenvalue weighted by Crippen LogP contribution is -2.18. The summed E-state index contributed by atoms with van der Waals surface area (Å²) in [5, 5.41) is 3.12. The lowest BCUT2D eigenvalue weighted by molar-refractivity contribution is 0.0999. The first-order chi connectivity index (χ1) is 12.1. The monoisotopic (exact) mass is 357 g/mol. The van der Waals surface area contributed by atoms with E-state index in [1.807, 2.05) is 6.07 Å². The number of carbonyl (C=O) groups is 1. The van der Waals surface area contributed by atoms with Gasteiger partial charge in [-0.15, -0.1) is 0 Å². The molecule has 25 heavy (non-hydrogen) atoms. The number of aromatic nitrogens is 2. The van der Waals surface area contributed by atoms with Crippen molar-refractivity contribution in [2.24, 2.45) is 0 Å². The van der Waals surface area contributed by atoms with Crippen LogP contribution in [-0.2, 0) is 0 Å². The number of nitrogens with two attached hydrogens (primary N) is 1. The average molecular weight is 358 g/mol. The molecule has 0 aliphatic carbocycles. The van der Waals surface area contributed by atoms with Crippen LogP contribution in [-0.4, -0.2) is 29.0 Å². The van der Waals surface area contributed by atoms with Crippen LogP contribution in [0.2, 0.25) is 5.02 Å². The minimum Gasteiger partial charge on any atom is -0.447 e. The van der Waals surface area contributed by atoms with Gasteiger partial charge in [-0.25, -0.2) is 9.97 Å². The highest BCUT2D eigenvalue weighted by molar-refractivity contribution is 6.30. The fourth-order valence-electron chi connectivity index (χ4n) is 2.90. The van der Waals surface area contributed by atoms with Gasteiger partial charge in [-0.3, -0.25) is 4.79 Å². The zero-order valence-electron chi connectivity index (χ0n) is 13.3. The molecule has 0 bridgehead atoms. The Labute approximate surface area is 148 Å². The molecule has 1 amide bonds. The molecule has 3 aromatic heterocycles. The van der Waals surface area contributed by atoms with E-state index in [2.05, 4.69) is 20.2 Å². The minimum absolute atomic E-state index is 0.0258. The summed E-state index contributed by atoms with van der Waals surface area (Å²) < 4.78 is 5.60. The van der Waals surface area contributed by atoms with Crippen molar-refractivity contribution in [2.75, 3.05) is 29.0 Å². The quantitative estimate of drug-likeness (QED) is 0.746. The summed E-state index contributed by atoms with van der Waals surface area (Å²) in [5.74, 6) is 0.759. The Bertz CT molecular complexity index is 932. The highest BCUT2D eigenvalue weighted by Crippen LogP contribution is 2.30. The van der Waals surface area contributed by atoms with E-state index in [9.17, 15) is 4.79 Å². The first-order valence-electron chi connectivity index (χ1n) is 7.99. The van der Waals surface area contributed by atoms with Gasteiger partial charge in [0.1, 0.15) is 22.8 Å². The fraction of sp³-hybridized carbons (Fsp3) is 0.235. The lowest BCUT2D eigenvalue weighted by Gasteiger charge is -2.15. The number of nitrogens with zero attached hydrogens (tertiary/aromatic N) is 3. The van der Waals surface area contributed by atoms with Gasteiger partial charge in [-0.1, -0.05) is 11.6 Å². The van der Waals surface area contributed by atoms with Gasteiger partial charge in [0.25, 0.3) is 5.91 Å². The number of hydrogen-bond acceptors (Lipinski definition) is 6. The zero-order valence-corrected chi connectivity index (χ0v) is 14.1. The van der Waals surface area contributed by atoms with Gasteiger partial charge in [0.05, 0.1) is 5.02 Å². The van der Waals surface area contributed by atoms with Crippen LogP contribution in [0.4, 0.5) is 17.3 Å². The van der Waals surface area contributed by atoms with E-state index in [0.717, 1.165) is 31.7 Å². The molecule has 0 atom stereocenters. The molecular weight excluding hydrogens is 342 g/mol. The Morgan fingerprint density at radius 1 is 1.24 bits per heavy atom. The number of hydrogen-bond donors (Lipinski definition) is 2. The van der Waals surface area contributed by atoms with Crippen LogP contribution in [0.3, 0.4) is 0 Å². The Hall–Kier alpha value is -2.80. The number of carbonyl (C=O) groups excluding carboxylic acids is 1. The maximum atomic E-state index is 12.4. The second-order valence-electron chi connectivity index (χ2n) is 5.87. The van der Waals surface area contributed by atoms with Crippen LogP contribution in [0, 0.1) is 0 Å². The van der Waals surface area contributed by atoms with E-state index >= 15 is 0 Å². The second-order valence-corrected chi connectivity index (χ2v) is 6.31. The zero-order chi connectivity index (χ0) is 17.4. The van der Waals surface area contributed by atoms with Crippen LogP contribution < -0.4 is 16.0 Å². The molecule has 8 heteroatoms. The van der Waals surface area contributed by atoms with E-state index < -0.39 is 5.91 Å². The van der Waals surface area contributed by atoms with Gasteiger partial charge >= 0.3 is 0 Å². The van der Waals surface area contributed by atoms with Gasteiger partial charge in [-0.2, -0.15) is 0 Å². The number of amides is 1. The smallest absolute Gasteiger partial charge is 0.294 e. The number of fused-ring (bicyclic) bond motifs is 1. The molecule has 1 aliphatic rings. The number of nitrogens with one attached hydrogen (secondary N) is 1. The van der Waals surface area contributed by atoms with Crippen molar-refractivity contribution in [3.63, 3.8) is 0 Å². The molecule has 0 spiro atoms. The van der Waals surface area contributed by atoms with Crippen molar-refractivity contribution in [3.8, 4) is 0 Å². The van der Waals surface area contributed by atoms with E-state index in [1.165, 1.54) is 6.20 Å². The van der Waals surface area contributed by atoms with Gasteiger partial charge in [0, 0.05) is 19.3 Å². The molecule has 0 radical (unpaired) electrons. The molecule has 7 nitrogen and oxygen atoms in total. The van der Waals surface area contributed by atoms with Crippen molar-refractivity contribution >= 4 is 45.9 Å². The van der Waals surface area contributed by atoms with Crippen molar-refractivity contribution in [2.45, 2.75) is 12.8 Å². The van der Waals surface area contributed by atoms with Gasteiger partial charge in [0.2, 0.25) is 5.76 Å². The molecule has 4 heterocycles. The first-order valence-corrected chi connectivity index (χ1v) is 8.36. The normalized spacial score (nSPS) is 14.2. The average Bonchev–Trinajstić information content (AvgIpc) is 3.25. The van der Waals surface area contributed by atoms with Crippen LogP contribution in [0.15, 0.2) is 34.9 Å². The maximum Gasteiger partial charge on any atom is 0.294 e. The predicted octanol–water partition coefficient (Wildman–Crippen LogP) is 3.31. The summed E-state index contributed by atoms with van der Waals surface area (Å²) in [4.78, 5) is 23.2. The highest BCUT2D eigenvalue weighted by atomic mass is 35.5. The second kappa shape index (κ2) is 6.25. The number of halogens is 1. The third kappa shape index (κ3) is 2.98. The molecule has 0 saturated carbocycles. The number of rotatable bonds is 3. The summed E-state index contributed by atoms with van der Waals surface area (Å²) in [6.07, 6.45) is 3.76. The predicted molar refractivity (Wildman–Crippen MR) is 97.1 cm³/mol. The van der Waals surface area contributed by atoms with Crippen molar-refractivity contribution in [1.29, 1.82) is 0 Å². The third-order valence-electron chi connectivity index (χ3n) is 4.16. The first kappa shape index (κ1) is 15.7. The Morgan fingerprint density at radius 3 is 2.76 bits per heavy atom. The molecular formula is C17H16ClN5O2. The summed E-state index contributed by atoms with van der Waals surface area (Å²) in [7, 11) is 0. The molecule has 1 aliphatic heterocycles. The van der Waals surface area contributed by atoms with Gasteiger partial charge in [0.15, 0.2) is 5.58 Å². The van der Waals surface area contributed by atoms with E-state index in [4.69, 9.17) is 21.8 Å². The molecule has 4 rings (SSSR count). The minimum atomic E-state index is -0.479. The molecule has 0 aromatic carbocycles. The number of nitrogen functional groups attached to an aromatic ring is 1. The number of pyridine rings is 2. The molecule has 3 N–H and O–H groups in total. The molecule has 1 saturated heterocycles. The molecule has 128 valence electrons. The summed E-state index contributed by atoms with van der Waals surface area (Å²) in [6.45, 7) is 1.96. The maximum absolute atomic E-state index is 12.4. The Balaban J connectivity index is 1.64. The summed E-state index contributed by atoms with van der Waals surface area (Å²) in [6, 6.07) is 6.92. The van der Waals surface area contributed by atoms with Crippen molar-refractivity contribution in [3.05, 3.63) is 41.2 Å².